The highest BCUT2D eigenvalue weighted by Gasteiger charge is 2.22. The first-order chi connectivity index (χ1) is 21.6. The molecule has 0 bridgehead atoms. The van der Waals surface area contributed by atoms with Crippen molar-refractivity contribution in [2.24, 2.45) is 0 Å². The fraction of sp³-hybridized carbons (Fsp3) is 0.0976. The number of nitrogens with zero attached hydrogens (tertiary/aromatic N) is 2. The van der Waals surface area contributed by atoms with Gasteiger partial charge in [-0.25, -0.2) is 0 Å². The lowest BCUT2D eigenvalue weighted by molar-refractivity contribution is 0.666. The van der Waals surface area contributed by atoms with Crippen LogP contribution in [0.4, 0.5) is 0 Å². The van der Waals surface area contributed by atoms with Crippen LogP contribution in [0, 0.1) is 6.92 Å². The molecule has 3 aromatic heterocycles. The van der Waals surface area contributed by atoms with E-state index >= 15 is 0 Å². The number of hydrogen-bond acceptors (Lipinski definition) is 2. The molecular formula is C41H30N2O. The molecule has 3 heteroatoms. The third-order valence-electron chi connectivity index (χ3n) is 9.28. The molecule has 0 saturated heterocycles. The predicted molar refractivity (Wildman–Crippen MR) is 184 cm³/mol. The zero-order valence-corrected chi connectivity index (χ0v) is 24.7. The quantitative estimate of drug-likeness (QED) is 0.213. The Morgan fingerprint density at radius 2 is 1.48 bits per heavy atom. The second kappa shape index (κ2) is 9.55. The largest absolute Gasteiger partial charge is 0.454 e. The van der Waals surface area contributed by atoms with Crippen molar-refractivity contribution in [3.63, 3.8) is 0 Å². The summed E-state index contributed by atoms with van der Waals surface area (Å²) in [5.74, 6) is 0.425. The van der Waals surface area contributed by atoms with Crippen LogP contribution < -0.4 is 0 Å². The Labute approximate surface area is 255 Å². The summed E-state index contributed by atoms with van der Waals surface area (Å²) in [7, 11) is 0. The van der Waals surface area contributed by atoms with Gasteiger partial charge >= 0.3 is 0 Å². The lowest BCUT2D eigenvalue weighted by Gasteiger charge is -2.22. The van der Waals surface area contributed by atoms with Crippen LogP contribution in [0.2, 0.25) is 0 Å². The first-order valence-electron chi connectivity index (χ1n) is 15.4. The Morgan fingerprint density at radius 3 is 2.39 bits per heavy atom. The standard InChI is InChI=1S/C41H30N2O/c1-25-10-8-15-35-40(25)33(22-26(2)42-35)29-18-20-31-32-14-9-17-38(41(32)44-39(31)24-29)43-36-16-7-6-13-30(36)34-23-28(19-21-37(34)43)27-11-4-3-5-12-27/h3-9,11-25H,10H2,1-2H3. The van der Waals surface area contributed by atoms with E-state index in [4.69, 9.17) is 9.40 Å². The van der Waals surface area contributed by atoms with Gasteiger partial charge in [-0.05, 0) is 95.6 Å². The zero-order valence-electron chi connectivity index (χ0n) is 24.7. The molecule has 0 saturated carbocycles. The number of para-hydroxylation sites is 2. The third kappa shape index (κ3) is 3.72. The Bertz CT molecular complexity index is 2440. The summed E-state index contributed by atoms with van der Waals surface area (Å²) in [6.45, 7) is 4.38. The molecule has 1 atom stereocenters. The van der Waals surface area contributed by atoms with Crippen molar-refractivity contribution < 1.29 is 4.42 Å². The summed E-state index contributed by atoms with van der Waals surface area (Å²) >= 11 is 0. The minimum absolute atomic E-state index is 0.425. The van der Waals surface area contributed by atoms with Gasteiger partial charge in [-0.1, -0.05) is 85.8 Å². The Hall–Kier alpha value is -5.41. The van der Waals surface area contributed by atoms with Crippen molar-refractivity contribution in [1.29, 1.82) is 0 Å². The van der Waals surface area contributed by atoms with E-state index in [1.54, 1.807) is 0 Å². The predicted octanol–water partition coefficient (Wildman–Crippen LogP) is 11.2. The molecule has 0 aliphatic heterocycles. The highest BCUT2D eigenvalue weighted by Crippen LogP contribution is 2.42. The van der Waals surface area contributed by atoms with Gasteiger partial charge < -0.3 is 8.98 Å². The van der Waals surface area contributed by atoms with E-state index in [9.17, 15) is 0 Å². The molecule has 0 radical (unpaired) electrons. The van der Waals surface area contributed by atoms with Gasteiger partial charge in [0, 0.05) is 27.2 Å². The van der Waals surface area contributed by atoms with Crippen LogP contribution in [-0.2, 0) is 0 Å². The topological polar surface area (TPSA) is 31.0 Å². The number of benzene rings is 5. The first kappa shape index (κ1) is 25.1. The molecular weight excluding hydrogens is 536 g/mol. The molecule has 1 aliphatic rings. The third-order valence-corrected chi connectivity index (χ3v) is 9.28. The van der Waals surface area contributed by atoms with Gasteiger partial charge in [-0.15, -0.1) is 0 Å². The Morgan fingerprint density at radius 1 is 0.682 bits per heavy atom. The molecule has 1 aliphatic carbocycles. The van der Waals surface area contributed by atoms with E-state index in [0.717, 1.165) is 45.4 Å². The normalized spacial score (nSPS) is 14.6. The number of aromatic nitrogens is 2. The molecule has 0 N–H and O–H groups in total. The second-order valence-electron chi connectivity index (χ2n) is 12.1. The van der Waals surface area contributed by atoms with Crippen molar-refractivity contribution in [1.82, 2.24) is 9.55 Å². The maximum absolute atomic E-state index is 6.81. The first-order valence-corrected chi connectivity index (χ1v) is 15.4. The summed E-state index contributed by atoms with van der Waals surface area (Å²) in [6, 6.07) is 41.5. The lowest BCUT2D eigenvalue weighted by Crippen LogP contribution is -2.06. The molecule has 0 amide bonds. The number of pyridine rings is 1. The van der Waals surface area contributed by atoms with Gasteiger partial charge in [0.25, 0.3) is 0 Å². The van der Waals surface area contributed by atoms with Crippen LogP contribution in [0.1, 0.15) is 36.2 Å². The minimum atomic E-state index is 0.425. The van der Waals surface area contributed by atoms with Gasteiger partial charge in [-0.3, -0.25) is 4.98 Å². The average molecular weight is 567 g/mol. The lowest BCUT2D eigenvalue weighted by atomic mass is 9.85. The monoisotopic (exact) mass is 566 g/mol. The van der Waals surface area contributed by atoms with Crippen LogP contribution in [0.3, 0.4) is 0 Å². The summed E-state index contributed by atoms with van der Waals surface area (Å²) in [5, 5.41) is 4.72. The van der Waals surface area contributed by atoms with E-state index < -0.39 is 0 Å². The van der Waals surface area contributed by atoms with Crippen LogP contribution in [0.15, 0.2) is 126 Å². The van der Waals surface area contributed by atoms with E-state index in [0.29, 0.717) is 5.92 Å². The summed E-state index contributed by atoms with van der Waals surface area (Å²) in [4.78, 5) is 4.85. The van der Waals surface area contributed by atoms with Crippen LogP contribution >= 0.6 is 0 Å². The van der Waals surface area contributed by atoms with Crippen molar-refractivity contribution in [2.75, 3.05) is 0 Å². The van der Waals surface area contributed by atoms with Gasteiger partial charge in [0.2, 0.25) is 0 Å². The SMILES string of the molecule is Cc1cc(-c2ccc3c(c2)oc2c(-n4c5ccccc5c5cc(-c6ccccc6)ccc54)cccc23)c2c(n1)C=CCC2C. The highest BCUT2D eigenvalue weighted by molar-refractivity contribution is 6.13. The average Bonchev–Trinajstić information content (AvgIpc) is 3.60. The summed E-state index contributed by atoms with van der Waals surface area (Å²) < 4.78 is 9.17. The molecule has 5 aromatic carbocycles. The van der Waals surface area contributed by atoms with E-state index in [-0.39, 0.29) is 0 Å². The number of hydrogen-bond donors (Lipinski definition) is 0. The molecule has 0 spiro atoms. The Kier molecular flexibility index (Phi) is 5.45. The number of furan rings is 1. The number of allylic oxidation sites excluding steroid dienone is 1. The summed E-state index contributed by atoms with van der Waals surface area (Å²) in [5.41, 5.74) is 13.5. The molecule has 8 aromatic rings. The molecule has 9 rings (SSSR count). The van der Waals surface area contributed by atoms with Crippen molar-refractivity contribution in [3.05, 3.63) is 138 Å². The van der Waals surface area contributed by atoms with Gasteiger partial charge in [0.1, 0.15) is 5.58 Å². The fourth-order valence-corrected chi connectivity index (χ4v) is 7.26. The van der Waals surface area contributed by atoms with Gasteiger partial charge in [0.05, 0.1) is 22.4 Å². The molecule has 0 fully saturated rings. The van der Waals surface area contributed by atoms with Gasteiger partial charge in [0.15, 0.2) is 5.58 Å². The Balaban J connectivity index is 1.26. The number of fused-ring (bicyclic) bond motifs is 7. The number of rotatable bonds is 3. The van der Waals surface area contributed by atoms with Crippen molar-refractivity contribution in [3.8, 4) is 27.9 Å². The van der Waals surface area contributed by atoms with Crippen LogP contribution in [0.5, 0.6) is 0 Å². The molecule has 210 valence electrons. The molecule has 3 heterocycles. The maximum atomic E-state index is 6.81. The number of aryl methyl sites for hydroxylation is 1. The van der Waals surface area contributed by atoms with E-state index in [1.807, 2.05) is 0 Å². The smallest absolute Gasteiger partial charge is 0.159 e. The zero-order chi connectivity index (χ0) is 29.4. The molecule has 1 unspecified atom stereocenters. The highest BCUT2D eigenvalue weighted by atomic mass is 16.3. The van der Waals surface area contributed by atoms with Crippen molar-refractivity contribution >= 4 is 49.8 Å². The molecule has 44 heavy (non-hydrogen) atoms. The fourth-order valence-electron chi connectivity index (χ4n) is 7.26. The maximum Gasteiger partial charge on any atom is 0.159 e. The summed E-state index contributed by atoms with van der Waals surface area (Å²) in [6.07, 6.45) is 5.45. The van der Waals surface area contributed by atoms with E-state index in [1.165, 1.54) is 49.6 Å². The molecule has 3 nitrogen and oxygen atoms in total. The van der Waals surface area contributed by atoms with Gasteiger partial charge in [-0.2, -0.15) is 0 Å². The van der Waals surface area contributed by atoms with Crippen LogP contribution in [-0.4, -0.2) is 9.55 Å². The van der Waals surface area contributed by atoms with Crippen molar-refractivity contribution in [2.45, 2.75) is 26.2 Å². The van der Waals surface area contributed by atoms with E-state index in [2.05, 4.69) is 146 Å². The minimum Gasteiger partial charge on any atom is -0.454 e. The van der Waals surface area contributed by atoms with Crippen LogP contribution in [0.25, 0.3) is 77.8 Å². The second-order valence-corrected chi connectivity index (χ2v) is 12.1.